The predicted molar refractivity (Wildman–Crippen MR) is 96.1 cm³/mol. The second-order valence-electron chi connectivity index (χ2n) is 7.16. The molecule has 1 fully saturated rings. The molecule has 0 bridgehead atoms. The first-order valence-electron chi connectivity index (χ1n) is 9.57. The Morgan fingerprint density at radius 2 is 1.48 bits per heavy atom. The maximum absolute atomic E-state index is 8.49. The fourth-order valence-corrected chi connectivity index (χ4v) is 3.57. The topological polar surface area (TPSA) is 114 Å². The lowest BCUT2D eigenvalue weighted by molar-refractivity contribution is -2.00. The van der Waals surface area contributed by atoms with Crippen LogP contribution in [0.5, 0.6) is 0 Å². The van der Waals surface area contributed by atoms with E-state index in [-0.39, 0.29) is 0 Å². The quantitative estimate of drug-likeness (QED) is 0.551. The second-order valence-corrected chi connectivity index (χ2v) is 7.91. The molecule has 1 aliphatic carbocycles. The average molecular weight is 418 g/mol. The molecule has 0 spiro atoms. The van der Waals surface area contributed by atoms with Gasteiger partial charge >= 0.3 is 0 Å². The third-order valence-corrected chi connectivity index (χ3v) is 4.96. The SMILES string of the molecule is Cc1ccc(-c2c[n+](C3CCCCC3)n(-c3ccccc3)n2)cc1.[O-][Cl+3]([O-])([O-])[O-]. The van der Waals surface area contributed by atoms with E-state index in [2.05, 4.69) is 77.2 Å². The van der Waals surface area contributed by atoms with Gasteiger partial charge in [-0.15, -0.1) is 10.2 Å². The first-order valence-corrected chi connectivity index (χ1v) is 10.8. The number of para-hydroxylation sites is 1. The molecule has 1 saturated carbocycles. The van der Waals surface area contributed by atoms with Crippen LogP contribution in [0.25, 0.3) is 16.9 Å². The average Bonchev–Trinajstić information content (AvgIpc) is 3.14. The van der Waals surface area contributed by atoms with Crippen LogP contribution in [-0.2, 0) is 0 Å². The van der Waals surface area contributed by atoms with Crippen LogP contribution in [0, 0.1) is 17.2 Å². The molecule has 4 rings (SSSR count). The van der Waals surface area contributed by atoms with Gasteiger partial charge in [-0.1, -0.05) is 54.4 Å². The van der Waals surface area contributed by atoms with Crippen molar-refractivity contribution in [2.75, 3.05) is 0 Å². The summed E-state index contributed by atoms with van der Waals surface area (Å²) in [6.45, 7) is 2.12. The maximum Gasteiger partial charge on any atom is 0.249 e. The Kier molecular flexibility index (Phi) is 7.00. The molecule has 2 aromatic carbocycles. The molecule has 0 atom stereocenters. The minimum atomic E-state index is -4.94. The molecule has 7 nitrogen and oxygen atoms in total. The van der Waals surface area contributed by atoms with Crippen LogP contribution in [0.3, 0.4) is 0 Å². The van der Waals surface area contributed by atoms with Crippen molar-refractivity contribution in [1.82, 2.24) is 9.90 Å². The lowest BCUT2D eigenvalue weighted by atomic mass is 9.96. The number of halogens is 1. The highest BCUT2D eigenvalue weighted by Crippen LogP contribution is 2.25. The van der Waals surface area contributed by atoms with Crippen molar-refractivity contribution in [3.05, 3.63) is 66.4 Å². The third-order valence-electron chi connectivity index (χ3n) is 4.96. The molecule has 0 unspecified atom stereocenters. The minimum Gasteiger partial charge on any atom is -0.222 e. The fraction of sp³-hybridized carbons (Fsp3) is 0.333. The molecule has 1 aromatic heterocycles. The summed E-state index contributed by atoms with van der Waals surface area (Å²) in [5.74, 6) is 0. The summed E-state index contributed by atoms with van der Waals surface area (Å²) in [5, 5.41) is 4.94. The zero-order chi connectivity index (χ0) is 20.9. The van der Waals surface area contributed by atoms with Crippen LogP contribution in [-0.4, -0.2) is 9.90 Å². The van der Waals surface area contributed by atoms with E-state index < -0.39 is 10.2 Å². The maximum atomic E-state index is 8.49. The summed E-state index contributed by atoms with van der Waals surface area (Å²) >= 11 is 0. The van der Waals surface area contributed by atoms with Crippen LogP contribution in [0.1, 0.15) is 43.7 Å². The summed E-state index contributed by atoms with van der Waals surface area (Å²) in [4.78, 5) is 2.09. The van der Waals surface area contributed by atoms with Crippen molar-refractivity contribution >= 4 is 0 Å². The molecule has 1 aliphatic rings. The summed E-state index contributed by atoms with van der Waals surface area (Å²) in [5.41, 5.74) is 4.63. The highest BCUT2D eigenvalue weighted by Gasteiger charge is 2.27. The van der Waals surface area contributed by atoms with Gasteiger partial charge in [-0.05, 0) is 49.5 Å². The van der Waals surface area contributed by atoms with Crippen molar-refractivity contribution in [2.45, 2.75) is 45.1 Å². The number of nitrogens with zero attached hydrogens (tertiary/aromatic N) is 3. The summed E-state index contributed by atoms with van der Waals surface area (Å²) in [6.07, 6.45) is 8.72. The molecule has 0 saturated heterocycles. The number of hydrogen-bond donors (Lipinski definition) is 0. The van der Waals surface area contributed by atoms with E-state index in [1.54, 1.807) is 0 Å². The number of rotatable bonds is 3. The molecular formula is C21H24ClN3O4. The highest BCUT2D eigenvalue weighted by atomic mass is 35.7. The van der Waals surface area contributed by atoms with Crippen molar-refractivity contribution < 1.29 is 33.6 Å². The van der Waals surface area contributed by atoms with Gasteiger partial charge in [-0.2, -0.15) is 4.68 Å². The second kappa shape index (κ2) is 9.47. The normalized spacial score (nSPS) is 14.9. The van der Waals surface area contributed by atoms with Gasteiger partial charge < -0.3 is 0 Å². The molecule has 154 valence electrons. The smallest absolute Gasteiger partial charge is 0.222 e. The van der Waals surface area contributed by atoms with Crippen molar-refractivity contribution in [3.63, 3.8) is 0 Å². The van der Waals surface area contributed by atoms with Crippen LogP contribution >= 0.6 is 0 Å². The molecule has 0 radical (unpaired) electrons. The molecule has 1 heterocycles. The number of benzene rings is 2. The van der Waals surface area contributed by atoms with E-state index in [9.17, 15) is 0 Å². The molecule has 0 N–H and O–H groups in total. The predicted octanol–water partition coefficient (Wildman–Crippen LogP) is -0.116. The molecule has 8 heteroatoms. The zero-order valence-electron chi connectivity index (χ0n) is 16.2. The van der Waals surface area contributed by atoms with Crippen molar-refractivity contribution in [2.24, 2.45) is 0 Å². The largest absolute Gasteiger partial charge is 0.249 e. The standard InChI is InChI=1S/C21H24N3.ClHO4/c1-17-12-14-18(15-13-17)21-16-23(19-8-4-2-5-9-19)24(22-21)20-10-6-3-7-11-20;2-1(3,4)5/h3,6-7,10-16,19H,2,4-5,8-9H2,1H3;(H,2,3,4,5)/q+1;/p-1. The van der Waals surface area contributed by atoms with Crippen LogP contribution in [0.2, 0.25) is 0 Å². The molecular weight excluding hydrogens is 394 g/mol. The Labute approximate surface area is 172 Å². The first kappa shape index (κ1) is 21.4. The Morgan fingerprint density at radius 1 is 0.897 bits per heavy atom. The number of aromatic nitrogens is 3. The summed E-state index contributed by atoms with van der Waals surface area (Å²) < 4.78 is 36.3. The fourth-order valence-electron chi connectivity index (χ4n) is 3.57. The lowest BCUT2D eigenvalue weighted by Gasteiger charge is -2.19. The van der Waals surface area contributed by atoms with Gasteiger partial charge in [0, 0.05) is 5.56 Å². The monoisotopic (exact) mass is 417 g/mol. The molecule has 29 heavy (non-hydrogen) atoms. The van der Waals surface area contributed by atoms with E-state index in [1.165, 1.54) is 43.2 Å². The number of aryl methyl sites for hydroxylation is 1. The Balaban J connectivity index is 0.000000431. The van der Waals surface area contributed by atoms with Gasteiger partial charge in [0.25, 0.3) is 0 Å². The van der Waals surface area contributed by atoms with E-state index in [1.807, 2.05) is 0 Å². The van der Waals surface area contributed by atoms with Gasteiger partial charge in [0.05, 0.1) is 5.10 Å². The van der Waals surface area contributed by atoms with Crippen molar-refractivity contribution in [3.8, 4) is 16.9 Å². The Hall–Kier alpha value is -2.29. The number of hydrogen-bond acceptors (Lipinski definition) is 5. The summed E-state index contributed by atoms with van der Waals surface area (Å²) in [6, 6.07) is 19.7. The van der Waals surface area contributed by atoms with E-state index in [4.69, 9.17) is 23.7 Å². The first-order chi connectivity index (χ1) is 13.8. The van der Waals surface area contributed by atoms with Gasteiger partial charge in [0.2, 0.25) is 5.69 Å². The van der Waals surface area contributed by atoms with Crippen molar-refractivity contribution in [1.29, 1.82) is 0 Å². The van der Waals surface area contributed by atoms with Gasteiger partial charge in [-0.25, -0.2) is 18.6 Å². The molecule has 3 aromatic rings. The Morgan fingerprint density at radius 3 is 2.07 bits per heavy atom. The Bertz CT molecular complexity index is 896. The van der Waals surface area contributed by atoms with Gasteiger partial charge in [0.1, 0.15) is 11.7 Å². The molecule has 0 amide bonds. The summed E-state index contributed by atoms with van der Waals surface area (Å²) in [7, 11) is -4.94. The molecule has 0 aliphatic heterocycles. The highest BCUT2D eigenvalue weighted by molar-refractivity contribution is 5.57. The zero-order valence-corrected chi connectivity index (χ0v) is 17.0. The van der Waals surface area contributed by atoms with Crippen LogP contribution < -0.4 is 23.3 Å². The van der Waals surface area contributed by atoms with Gasteiger partial charge in [-0.3, -0.25) is 0 Å². The van der Waals surface area contributed by atoms with Crippen LogP contribution in [0.15, 0.2) is 60.8 Å². The van der Waals surface area contributed by atoms with E-state index in [0.717, 1.165) is 11.4 Å². The third kappa shape index (κ3) is 6.35. The van der Waals surface area contributed by atoms with E-state index >= 15 is 0 Å². The minimum absolute atomic E-state index is 0.547. The van der Waals surface area contributed by atoms with Gasteiger partial charge in [0.15, 0.2) is 6.20 Å². The lowest BCUT2D eigenvalue weighted by Crippen LogP contribution is -2.68. The van der Waals surface area contributed by atoms with Crippen LogP contribution in [0.4, 0.5) is 0 Å². The van der Waals surface area contributed by atoms with E-state index in [0.29, 0.717) is 6.04 Å².